The van der Waals surface area contributed by atoms with Gasteiger partial charge in [-0.05, 0) is 61.5 Å². The zero-order valence-corrected chi connectivity index (χ0v) is 18.0. The van der Waals surface area contributed by atoms with Gasteiger partial charge in [-0.25, -0.2) is 9.69 Å². The number of imide groups is 1. The van der Waals surface area contributed by atoms with Crippen LogP contribution in [0.3, 0.4) is 0 Å². The van der Waals surface area contributed by atoms with Gasteiger partial charge in [0.2, 0.25) is 5.91 Å². The summed E-state index contributed by atoms with van der Waals surface area (Å²) in [6.07, 6.45) is 0. The SMILES string of the molecule is CCOC(=O)c1ccc(N2C(=O)c3ccc(Oc4cccc(NC(C)=O)c4)cc3C2=O)cc1. The third-order valence-electron chi connectivity index (χ3n) is 4.88. The molecule has 0 radical (unpaired) electrons. The molecule has 1 aliphatic rings. The number of fused-ring (bicyclic) bond motifs is 1. The highest BCUT2D eigenvalue weighted by Gasteiger charge is 2.37. The number of hydrogen-bond acceptors (Lipinski definition) is 6. The summed E-state index contributed by atoms with van der Waals surface area (Å²) < 4.78 is 10.8. The molecule has 8 nitrogen and oxygen atoms in total. The Morgan fingerprint density at radius 1 is 0.879 bits per heavy atom. The molecule has 166 valence electrons. The molecule has 0 aromatic heterocycles. The quantitative estimate of drug-likeness (QED) is 0.446. The first-order chi connectivity index (χ1) is 15.9. The van der Waals surface area contributed by atoms with Crippen molar-refractivity contribution in [3.05, 3.63) is 83.4 Å². The van der Waals surface area contributed by atoms with Crippen molar-refractivity contribution >= 4 is 35.1 Å². The van der Waals surface area contributed by atoms with E-state index in [1.165, 1.54) is 43.3 Å². The van der Waals surface area contributed by atoms with E-state index in [-0.39, 0.29) is 23.6 Å². The summed E-state index contributed by atoms with van der Waals surface area (Å²) >= 11 is 0. The smallest absolute Gasteiger partial charge is 0.338 e. The highest BCUT2D eigenvalue weighted by Crippen LogP contribution is 2.33. The lowest BCUT2D eigenvalue weighted by molar-refractivity contribution is -0.114. The average molecular weight is 444 g/mol. The van der Waals surface area contributed by atoms with E-state index in [1.54, 1.807) is 37.3 Å². The van der Waals surface area contributed by atoms with Gasteiger partial charge in [0, 0.05) is 18.7 Å². The maximum atomic E-state index is 13.0. The van der Waals surface area contributed by atoms with Crippen molar-refractivity contribution in [1.29, 1.82) is 0 Å². The number of nitrogens with zero attached hydrogens (tertiary/aromatic N) is 1. The van der Waals surface area contributed by atoms with Gasteiger partial charge in [-0.2, -0.15) is 0 Å². The van der Waals surface area contributed by atoms with E-state index in [4.69, 9.17) is 9.47 Å². The van der Waals surface area contributed by atoms with E-state index in [0.29, 0.717) is 28.4 Å². The van der Waals surface area contributed by atoms with E-state index in [2.05, 4.69) is 5.32 Å². The minimum Gasteiger partial charge on any atom is -0.462 e. The molecule has 1 N–H and O–H groups in total. The lowest BCUT2D eigenvalue weighted by atomic mass is 10.1. The minimum atomic E-state index is -0.490. The molecule has 4 rings (SSSR count). The van der Waals surface area contributed by atoms with Gasteiger partial charge in [0.1, 0.15) is 11.5 Å². The first-order valence-electron chi connectivity index (χ1n) is 10.2. The number of ether oxygens (including phenoxy) is 2. The van der Waals surface area contributed by atoms with E-state index in [0.717, 1.165) is 4.90 Å². The van der Waals surface area contributed by atoms with E-state index < -0.39 is 17.8 Å². The zero-order chi connectivity index (χ0) is 23.5. The maximum absolute atomic E-state index is 13.0. The predicted molar refractivity (Wildman–Crippen MR) is 121 cm³/mol. The molecule has 1 aliphatic heterocycles. The largest absolute Gasteiger partial charge is 0.462 e. The second-order valence-electron chi connectivity index (χ2n) is 7.23. The molecule has 33 heavy (non-hydrogen) atoms. The second kappa shape index (κ2) is 8.96. The molecular weight excluding hydrogens is 424 g/mol. The Kier molecular flexibility index (Phi) is 5.91. The number of hydrogen-bond donors (Lipinski definition) is 1. The highest BCUT2D eigenvalue weighted by molar-refractivity contribution is 6.34. The number of carbonyl (C=O) groups excluding carboxylic acids is 4. The average Bonchev–Trinajstić information content (AvgIpc) is 3.03. The van der Waals surface area contributed by atoms with Crippen molar-refractivity contribution in [1.82, 2.24) is 0 Å². The van der Waals surface area contributed by atoms with Crippen LogP contribution in [-0.2, 0) is 9.53 Å². The molecule has 3 aromatic carbocycles. The molecular formula is C25H20N2O6. The Bertz CT molecular complexity index is 1270. The molecule has 0 atom stereocenters. The molecule has 0 bridgehead atoms. The van der Waals surface area contributed by atoms with Gasteiger partial charge in [0.25, 0.3) is 11.8 Å². The van der Waals surface area contributed by atoms with E-state index >= 15 is 0 Å². The van der Waals surface area contributed by atoms with Crippen LogP contribution in [0.1, 0.15) is 44.9 Å². The Labute approximate surface area is 189 Å². The van der Waals surface area contributed by atoms with Gasteiger partial charge in [0.05, 0.1) is 29.0 Å². The van der Waals surface area contributed by atoms with Crippen LogP contribution in [0.4, 0.5) is 11.4 Å². The lowest BCUT2D eigenvalue weighted by Crippen LogP contribution is -2.29. The van der Waals surface area contributed by atoms with Crippen molar-refractivity contribution in [3.63, 3.8) is 0 Å². The van der Waals surface area contributed by atoms with Crippen molar-refractivity contribution in [2.75, 3.05) is 16.8 Å². The fourth-order valence-electron chi connectivity index (χ4n) is 3.46. The van der Waals surface area contributed by atoms with Crippen LogP contribution in [0.25, 0.3) is 0 Å². The molecule has 3 aromatic rings. The Morgan fingerprint density at radius 3 is 2.27 bits per heavy atom. The molecule has 1 heterocycles. The maximum Gasteiger partial charge on any atom is 0.338 e. The molecule has 0 saturated heterocycles. The Hall–Kier alpha value is -4.46. The van der Waals surface area contributed by atoms with Crippen LogP contribution in [-0.4, -0.2) is 30.3 Å². The molecule has 0 spiro atoms. The second-order valence-corrected chi connectivity index (χ2v) is 7.23. The van der Waals surface area contributed by atoms with E-state index in [9.17, 15) is 19.2 Å². The number of rotatable bonds is 6. The van der Waals surface area contributed by atoms with Gasteiger partial charge in [-0.15, -0.1) is 0 Å². The Morgan fingerprint density at radius 2 is 1.58 bits per heavy atom. The van der Waals surface area contributed by atoms with Crippen molar-refractivity contribution < 1.29 is 28.7 Å². The van der Waals surface area contributed by atoms with Crippen LogP contribution in [0.2, 0.25) is 0 Å². The molecule has 0 saturated carbocycles. The number of nitrogens with one attached hydrogen (secondary N) is 1. The third kappa shape index (κ3) is 4.45. The van der Waals surface area contributed by atoms with Crippen molar-refractivity contribution in [2.45, 2.75) is 13.8 Å². The fourth-order valence-corrected chi connectivity index (χ4v) is 3.46. The van der Waals surface area contributed by atoms with Crippen LogP contribution < -0.4 is 15.0 Å². The van der Waals surface area contributed by atoms with Gasteiger partial charge in [-0.1, -0.05) is 6.07 Å². The van der Waals surface area contributed by atoms with Gasteiger partial charge in [-0.3, -0.25) is 14.4 Å². The standard InChI is InChI=1S/C25H20N2O6/c1-3-32-25(31)16-7-9-18(10-8-16)27-23(29)21-12-11-20(14-22(21)24(27)30)33-19-6-4-5-17(13-19)26-15(2)28/h4-14H,3H2,1-2H3,(H,26,28). The number of anilines is 2. The lowest BCUT2D eigenvalue weighted by Gasteiger charge is -2.14. The zero-order valence-electron chi connectivity index (χ0n) is 18.0. The number of amides is 3. The van der Waals surface area contributed by atoms with Crippen LogP contribution >= 0.6 is 0 Å². The predicted octanol–water partition coefficient (Wildman–Crippen LogP) is 4.41. The molecule has 0 unspecified atom stereocenters. The van der Waals surface area contributed by atoms with Crippen molar-refractivity contribution in [2.24, 2.45) is 0 Å². The summed E-state index contributed by atoms with van der Waals surface area (Å²) in [5.74, 6) is -0.798. The minimum absolute atomic E-state index is 0.204. The molecule has 0 aliphatic carbocycles. The summed E-state index contributed by atoms with van der Waals surface area (Å²) in [7, 11) is 0. The van der Waals surface area contributed by atoms with Crippen molar-refractivity contribution in [3.8, 4) is 11.5 Å². The van der Waals surface area contributed by atoms with Gasteiger partial charge >= 0.3 is 5.97 Å². The number of carbonyl (C=O) groups is 4. The molecule has 3 amide bonds. The van der Waals surface area contributed by atoms with Gasteiger partial charge < -0.3 is 14.8 Å². The summed E-state index contributed by atoms with van der Waals surface area (Å²) in [4.78, 5) is 50.1. The third-order valence-corrected chi connectivity index (χ3v) is 4.88. The van der Waals surface area contributed by atoms with Crippen LogP contribution in [0, 0.1) is 0 Å². The Balaban J connectivity index is 1.56. The fraction of sp³-hybridized carbons (Fsp3) is 0.120. The number of benzene rings is 3. The van der Waals surface area contributed by atoms with E-state index in [1.807, 2.05) is 0 Å². The highest BCUT2D eigenvalue weighted by atomic mass is 16.5. The summed E-state index contributed by atoms with van der Waals surface area (Å²) in [5.41, 5.74) is 1.72. The van der Waals surface area contributed by atoms with Crippen LogP contribution in [0.15, 0.2) is 66.7 Å². The topological polar surface area (TPSA) is 102 Å². The summed E-state index contributed by atoms with van der Waals surface area (Å²) in [6, 6.07) is 17.5. The summed E-state index contributed by atoms with van der Waals surface area (Å²) in [5, 5.41) is 2.67. The van der Waals surface area contributed by atoms with Gasteiger partial charge in [0.15, 0.2) is 0 Å². The number of esters is 1. The molecule has 8 heteroatoms. The monoisotopic (exact) mass is 444 g/mol. The molecule has 0 fully saturated rings. The first kappa shape index (κ1) is 21.8. The first-order valence-corrected chi connectivity index (χ1v) is 10.2. The van der Waals surface area contributed by atoms with Crippen LogP contribution in [0.5, 0.6) is 11.5 Å². The normalized spacial score (nSPS) is 12.4. The summed E-state index contributed by atoms with van der Waals surface area (Å²) in [6.45, 7) is 3.37.